The molecule has 0 aliphatic carbocycles. The van der Waals surface area contributed by atoms with Gasteiger partial charge in [-0.3, -0.25) is 9.52 Å². The topological polar surface area (TPSA) is 78.5 Å². The Morgan fingerprint density at radius 2 is 1.61 bits per heavy atom. The molecule has 1 aliphatic rings. The fourth-order valence-corrected chi connectivity index (χ4v) is 5.07. The van der Waals surface area contributed by atoms with Crippen molar-refractivity contribution in [1.82, 2.24) is 0 Å². The van der Waals surface area contributed by atoms with Crippen molar-refractivity contribution >= 4 is 33.0 Å². The molecule has 2 N–H and O–H groups in total. The van der Waals surface area contributed by atoms with Gasteiger partial charge in [0, 0.05) is 31.4 Å². The number of aryl methyl sites for hydroxylation is 2. The SMILES string of the molecule is CC(=O)Nc1ccc(S(=O)(=O)Nc2c(C)cc(C)c(N3CCCC3)c2C)cc1. The summed E-state index contributed by atoms with van der Waals surface area (Å²) in [4.78, 5) is 13.6. The number of benzene rings is 2. The van der Waals surface area contributed by atoms with E-state index in [1.165, 1.54) is 24.6 Å². The number of sulfonamides is 1. The van der Waals surface area contributed by atoms with Crippen LogP contribution < -0.4 is 14.9 Å². The highest BCUT2D eigenvalue weighted by atomic mass is 32.2. The molecule has 0 atom stereocenters. The maximum atomic E-state index is 12.9. The Morgan fingerprint density at radius 1 is 1.00 bits per heavy atom. The van der Waals surface area contributed by atoms with Gasteiger partial charge in [-0.1, -0.05) is 6.07 Å². The first-order valence-electron chi connectivity index (χ1n) is 9.45. The third-order valence-corrected chi connectivity index (χ3v) is 6.44. The van der Waals surface area contributed by atoms with Crippen molar-refractivity contribution in [3.8, 4) is 0 Å². The second-order valence-corrected chi connectivity index (χ2v) is 9.05. The van der Waals surface area contributed by atoms with Crippen molar-refractivity contribution in [3.63, 3.8) is 0 Å². The fraction of sp³-hybridized carbons (Fsp3) is 0.381. The van der Waals surface area contributed by atoms with Crippen molar-refractivity contribution < 1.29 is 13.2 Å². The third kappa shape index (κ3) is 4.14. The van der Waals surface area contributed by atoms with E-state index in [1.807, 2.05) is 19.9 Å². The summed E-state index contributed by atoms with van der Waals surface area (Å²) in [6.07, 6.45) is 2.32. The van der Waals surface area contributed by atoms with Crippen LogP contribution in [0, 0.1) is 20.8 Å². The van der Waals surface area contributed by atoms with Crippen LogP contribution in [0.3, 0.4) is 0 Å². The highest BCUT2D eigenvalue weighted by molar-refractivity contribution is 7.92. The van der Waals surface area contributed by atoms with Crippen molar-refractivity contribution in [3.05, 3.63) is 47.0 Å². The number of hydrogen-bond acceptors (Lipinski definition) is 4. The molecule has 1 aliphatic heterocycles. The number of hydrogen-bond donors (Lipinski definition) is 2. The largest absolute Gasteiger partial charge is 0.371 e. The predicted octanol–water partition coefficient (Wildman–Crippen LogP) is 3.97. The first kappa shape index (κ1) is 20.2. The molecule has 7 heteroatoms. The molecule has 2 aromatic carbocycles. The van der Waals surface area contributed by atoms with Gasteiger partial charge in [0.05, 0.1) is 10.6 Å². The summed E-state index contributed by atoms with van der Waals surface area (Å²) < 4.78 is 28.7. The number of carbonyl (C=O) groups excluding carboxylic acids is 1. The van der Waals surface area contributed by atoms with E-state index in [2.05, 4.69) is 21.9 Å². The van der Waals surface area contributed by atoms with Gasteiger partial charge in [0.1, 0.15) is 0 Å². The molecule has 150 valence electrons. The van der Waals surface area contributed by atoms with Crippen molar-refractivity contribution in [2.24, 2.45) is 0 Å². The monoisotopic (exact) mass is 401 g/mol. The lowest BCUT2D eigenvalue weighted by molar-refractivity contribution is -0.114. The summed E-state index contributed by atoms with van der Waals surface area (Å²) >= 11 is 0. The van der Waals surface area contributed by atoms with Crippen molar-refractivity contribution in [2.45, 2.75) is 45.4 Å². The Labute approximate surface area is 167 Å². The van der Waals surface area contributed by atoms with Crippen LogP contribution in [0.2, 0.25) is 0 Å². The van der Waals surface area contributed by atoms with E-state index in [9.17, 15) is 13.2 Å². The number of anilines is 3. The van der Waals surface area contributed by atoms with Gasteiger partial charge in [0.25, 0.3) is 10.0 Å². The summed E-state index contributed by atoms with van der Waals surface area (Å²) in [5, 5.41) is 2.64. The quantitative estimate of drug-likeness (QED) is 0.795. The van der Waals surface area contributed by atoms with Gasteiger partial charge >= 0.3 is 0 Å². The van der Waals surface area contributed by atoms with Crippen LogP contribution in [-0.2, 0) is 14.8 Å². The number of nitrogens with one attached hydrogen (secondary N) is 2. The molecule has 0 unspecified atom stereocenters. The molecule has 0 saturated carbocycles. The molecule has 0 spiro atoms. The Kier molecular flexibility index (Phi) is 5.65. The van der Waals surface area contributed by atoms with E-state index in [1.54, 1.807) is 12.1 Å². The van der Waals surface area contributed by atoms with Gasteiger partial charge in [-0.15, -0.1) is 0 Å². The Balaban J connectivity index is 1.93. The smallest absolute Gasteiger partial charge is 0.261 e. The summed E-state index contributed by atoms with van der Waals surface area (Å²) in [6, 6.07) is 8.20. The maximum Gasteiger partial charge on any atom is 0.261 e. The van der Waals surface area contributed by atoms with E-state index in [4.69, 9.17) is 0 Å². The van der Waals surface area contributed by atoms with E-state index in [-0.39, 0.29) is 10.8 Å². The fourth-order valence-electron chi connectivity index (χ4n) is 3.87. The Bertz CT molecular complexity index is 993. The van der Waals surface area contributed by atoms with E-state index < -0.39 is 10.0 Å². The average Bonchev–Trinajstić information content (AvgIpc) is 3.12. The van der Waals surface area contributed by atoms with Crippen LogP contribution in [0.4, 0.5) is 17.1 Å². The molecule has 1 amide bonds. The number of rotatable bonds is 5. The molecule has 1 saturated heterocycles. The molecule has 0 bridgehead atoms. The zero-order valence-corrected chi connectivity index (χ0v) is 17.6. The number of nitrogens with zero attached hydrogens (tertiary/aromatic N) is 1. The van der Waals surface area contributed by atoms with Gasteiger partial charge in [-0.25, -0.2) is 8.42 Å². The average molecular weight is 402 g/mol. The van der Waals surface area contributed by atoms with Gasteiger partial charge in [-0.2, -0.15) is 0 Å². The summed E-state index contributed by atoms with van der Waals surface area (Å²) in [5.41, 5.74) is 5.35. The van der Waals surface area contributed by atoms with Crippen molar-refractivity contribution in [2.75, 3.05) is 28.0 Å². The zero-order valence-electron chi connectivity index (χ0n) is 16.8. The van der Waals surface area contributed by atoms with Crippen LogP contribution in [0.1, 0.15) is 36.5 Å². The Hall–Kier alpha value is -2.54. The number of carbonyl (C=O) groups is 1. The highest BCUT2D eigenvalue weighted by Crippen LogP contribution is 2.36. The normalized spacial score (nSPS) is 14.2. The summed E-state index contributed by atoms with van der Waals surface area (Å²) in [6.45, 7) is 9.39. The first-order chi connectivity index (χ1) is 13.2. The van der Waals surface area contributed by atoms with Crippen LogP contribution >= 0.6 is 0 Å². The molecule has 0 aromatic heterocycles. The predicted molar refractivity (Wildman–Crippen MR) is 114 cm³/mol. The van der Waals surface area contributed by atoms with E-state index in [0.29, 0.717) is 11.4 Å². The van der Waals surface area contributed by atoms with Gasteiger partial charge in [-0.05, 0) is 74.6 Å². The standard InChI is InChI=1S/C21H27N3O3S/c1-14-13-15(2)21(24-11-5-6-12-24)16(3)20(14)23-28(26,27)19-9-7-18(8-10-19)22-17(4)25/h7-10,13,23H,5-6,11-12H2,1-4H3,(H,22,25). The van der Waals surface area contributed by atoms with E-state index in [0.717, 1.165) is 42.7 Å². The second kappa shape index (κ2) is 7.83. The maximum absolute atomic E-state index is 12.9. The molecule has 2 aromatic rings. The Morgan fingerprint density at radius 3 is 2.18 bits per heavy atom. The molecular formula is C21H27N3O3S. The highest BCUT2D eigenvalue weighted by Gasteiger charge is 2.22. The molecule has 3 rings (SSSR count). The van der Waals surface area contributed by atoms with Gasteiger partial charge in [0.2, 0.25) is 5.91 Å². The van der Waals surface area contributed by atoms with Crippen LogP contribution in [-0.4, -0.2) is 27.4 Å². The van der Waals surface area contributed by atoms with Gasteiger partial charge in [0.15, 0.2) is 0 Å². The second-order valence-electron chi connectivity index (χ2n) is 7.36. The van der Waals surface area contributed by atoms with Gasteiger partial charge < -0.3 is 10.2 Å². The van der Waals surface area contributed by atoms with Crippen molar-refractivity contribution in [1.29, 1.82) is 0 Å². The molecule has 1 fully saturated rings. The van der Waals surface area contributed by atoms with Crippen LogP contribution in [0.25, 0.3) is 0 Å². The molecule has 6 nitrogen and oxygen atoms in total. The summed E-state index contributed by atoms with van der Waals surface area (Å²) in [5.74, 6) is -0.200. The summed E-state index contributed by atoms with van der Waals surface area (Å²) in [7, 11) is -3.74. The molecule has 0 radical (unpaired) electrons. The molecule has 1 heterocycles. The minimum Gasteiger partial charge on any atom is -0.371 e. The van der Waals surface area contributed by atoms with Crippen LogP contribution in [0.5, 0.6) is 0 Å². The lowest BCUT2D eigenvalue weighted by Crippen LogP contribution is -2.22. The molecule has 28 heavy (non-hydrogen) atoms. The lowest BCUT2D eigenvalue weighted by atomic mass is 10.0. The lowest BCUT2D eigenvalue weighted by Gasteiger charge is -2.26. The third-order valence-electron chi connectivity index (χ3n) is 5.07. The minimum atomic E-state index is -3.74. The van der Waals surface area contributed by atoms with E-state index >= 15 is 0 Å². The first-order valence-corrected chi connectivity index (χ1v) is 10.9. The molecular weight excluding hydrogens is 374 g/mol. The zero-order chi connectivity index (χ0) is 20.5. The minimum absolute atomic E-state index is 0.156. The van der Waals surface area contributed by atoms with Crippen LogP contribution in [0.15, 0.2) is 35.2 Å². The number of amides is 1.